The maximum atomic E-state index is 13.7. The zero-order valence-electron chi connectivity index (χ0n) is 9.09. The number of hydrogen-bond donors (Lipinski definition) is 0. The molecule has 0 aliphatic rings. The molecule has 0 amide bonds. The van der Waals surface area contributed by atoms with Crippen LogP contribution in [0, 0.1) is 5.82 Å². The number of hydrogen-bond acceptors (Lipinski definition) is 1. The van der Waals surface area contributed by atoms with E-state index in [1.54, 1.807) is 18.2 Å². The van der Waals surface area contributed by atoms with Gasteiger partial charge in [0.15, 0.2) is 11.6 Å². The summed E-state index contributed by atoms with van der Waals surface area (Å²) in [6, 6.07) is 10.1. The first-order valence-electron chi connectivity index (χ1n) is 5.07. The van der Waals surface area contributed by atoms with Gasteiger partial charge >= 0.3 is 0 Å². The summed E-state index contributed by atoms with van der Waals surface area (Å²) >= 11 is 12.4. The molecule has 2 aromatic carbocycles. The van der Waals surface area contributed by atoms with Gasteiger partial charge in [0.2, 0.25) is 0 Å². The van der Waals surface area contributed by atoms with E-state index in [0.29, 0.717) is 16.1 Å². The lowest BCUT2D eigenvalue weighted by molar-refractivity contribution is 0.438. The van der Waals surface area contributed by atoms with E-state index in [-0.39, 0.29) is 5.75 Å². The van der Waals surface area contributed by atoms with Crippen LogP contribution >= 0.6 is 43.5 Å². The second-order valence-corrected chi connectivity index (χ2v) is 5.66. The molecule has 0 radical (unpaired) electrons. The summed E-state index contributed by atoms with van der Waals surface area (Å²) in [6.07, 6.45) is 0. The molecule has 0 aromatic heterocycles. The van der Waals surface area contributed by atoms with Gasteiger partial charge in [-0.25, -0.2) is 4.39 Å². The molecule has 0 saturated carbocycles. The van der Waals surface area contributed by atoms with Crippen LogP contribution in [0.15, 0.2) is 45.3 Å². The van der Waals surface area contributed by atoms with Crippen molar-refractivity contribution in [2.75, 3.05) is 0 Å². The third-order valence-corrected chi connectivity index (χ3v) is 3.56. The summed E-state index contributed by atoms with van der Waals surface area (Å²) in [7, 11) is 0. The quantitative estimate of drug-likeness (QED) is 0.591. The molecule has 0 spiro atoms. The van der Waals surface area contributed by atoms with Crippen LogP contribution < -0.4 is 4.74 Å². The molecule has 94 valence electrons. The molecule has 0 aliphatic heterocycles. The van der Waals surface area contributed by atoms with Crippen molar-refractivity contribution in [1.29, 1.82) is 0 Å². The van der Waals surface area contributed by atoms with Crippen molar-refractivity contribution >= 4 is 43.5 Å². The average molecular weight is 394 g/mol. The van der Waals surface area contributed by atoms with E-state index in [4.69, 9.17) is 16.3 Å². The van der Waals surface area contributed by atoms with E-state index in [0.717, 1.165) is 10.0 Å². The Labute approximate surface area is 126 Å². The van der Waals surface area contributed by atoms with Crippen LogP contribution in [0.25, 0.3) is 0 Å². The Morgan fingerprint density at radius 2 is 1.67 bits per heavy atom. The van der Waals surface area contributed by atoms with Crippen LogP contribution in [0.2, 0.25) is 0 Å². The van der Waals surface area contributed by atoms with Crippen LogP contribution in [0.3, 0.4) is 0 Å². The third kappa shape index (κ3) is 3.25. The van der Waals surface area contributed by atoms with Crippen LogP contribution in [0.4, 0.5) is 4.39 Å². The largest absolute Gasteiger partial charge is 0.454 e. The molecular formula is C13H8Br2ClFO. The van der Waals surface area contributed by atoms with Gasteiger partial charge in [0, 0.05) is 14.5 Å². The van der Waals surface area contributed by atoms with E-state index >= 15 is 0 Å². The fourth-order valence-electron chi connectivity index (χ4n) is 1.41. The third-order valence-electron chi connectivity index (χ3n) is 2.29. The zero-order chi connectivity index (χ0) is 13.1. The SMILES string of the molecule is Fc1cc(Br)ccc1Oc1cc(Br)ccc1CCl. The molecule has 2 rings (SSSR count). The van der Waals surface area contributed by atoms with E-state index in [1.165, 1.54) is 6.07 Å². The molecule has 0 saturated heterocycles. The first-order chi connectivity index (χ1) is 8.60. The molecule has 0 atom stereocenters. The van der Waals surface area contributed by atoms with Gasteiger partial charge in [-0.3, -0.25) is 0 Å². The standard InChI is InChI=1S/C13H8Br2ClFO/c14-9-3-4-12(11(17)5-9)18-13-6-10(15)2-1-8(13)7-16/h1-6H,7H2. The van der Waals surface area contributed by atoms with Gasteiger partial charge in [0.25, 0.3) is 0 Å². The Hall–Kier alpha value is -0.580. The van der Waals surface area contributed by atoms with Crippen molar-refractivity contribution in [3.8, 4) is 11.5 Å². The van der Waals surface area contributed by atoms with Crippen molar-refractivity contribution in [2.24, 2.45) is 0 Å². The topological polar surface area (TPSA) is 9.23 Å². The second-order valence-electron chi connectivity index (χ2n) is 3.56. The van der Waals surface area contributed by atoms with Crippen molar-refractivity contribution in [3.05, 3.63) is 56.7 Å². The second kappa shape index (κ2) is 6.04. The minimum atomic E-state index is -0.426. The highest BCUT2D eigenvalue weighted by Crippen LogP contribution is 2.32. The smallest absolute Gasteiger partial charge is 0.166 e. The number of halogens is 4. The molecule has 5 heteroatoms. The van der Waals surface area contributed by atoms with Crippen LogP contribution in [-0.4, -0.2) is 0 Å². The molecule has 0 unspecified atom stereocenters. The maximum Gasteiger partial charge on any atom is 0.166 e. The minimum absolute atomic E-state index is 0.169. The highest BCUT2D eigenvalue weighted by atomic mass is 79.9. The van der Waals surface area contributed by atoms with Gasteiger partial charge in [0.05, 0.1) is 5.88 Å². The Morgan fingerprint density at radius 3 is 2.33 bits per heavy atom. The van der Waals surface area contributed by atoms with Crippen molar-refractivity contribution < 1.29 is 9.13 Å². The Morgan fingerprint density at radius 1 is 1.00 bits per heavy atom. The normalized spacial score (nSPS) is 10.4. The highest BCUT2D eigenvalue weighted by molar-refractivity contribution is 9.10. The van der Waals surface area contributed by atoms with Gasteiger partial charge in [-0.15, -0.1) is 11.6 Å². The summed E-state index contributed by atoms with van der Waals surface area (Å²) in [5.41, 5.74) is 0.808. The van der Waals surface area contributed by atoms with E-state index in [9.17, 15) is 4.39 Å². The van der Waals surface area contributed by atoms with Gasteiger partial charge in [-0.05, 0) is 30.3 Å². The van der Waals surface area contributed by atoms with Crippen LogP contribution in [0.5, 0.6) is 11.5 Å². The molecule has 0 heterocycles. The van der Waals surface area contributed by atoms with Gasteiger partial charge in [-0.2, -0.15) is 0 Å². The molecular weight excluding hydrogens is 386 g/mol. The van der Waals surface area contributed by atoms with Gasteiger partial charge in [-0.1, -0.05) is 37.9 Å². The molecule has 0 fully saturated rings. The fraction of sp³-hybridized carbons (Fsp3) is 0.0769. The molecule has 0 N–H and O–H groups in total. The summed E-state index contributed by atoms with van der Waals surface area (Å²) in [6.45, 7) is 0. The monoisotopic (exact) mass is 392 g/mol. The van der Waals surface area contributed by atoms with Crippen molar-refractivity contribution in [2.45, 2.75) is 5.88 Å². The first kappa shape index (κ1) is 13.8. The summed E-state index contributed by atoms with van der Waals surface area (Å²) in [5, 5.41) is 0. The van der Waals surface area contributed by atoms with Gasteiger partial charge in [0.1, 0.15) is 5.75 Å². The summed E-state index contributed by atoms with van der Waals surface area (Å²) in [5.74, 6) is 0.592. The van der Waals surface area contributed by atoms with Crippen LogP contribution in [-0.2, 0) is 5.88 Å². The molecule has 1 nitrogen and oxygen atoms in total. The predicted molar refractivity (Wildman–Crippen MR) is 77.9 cm³/mol. The Bertz CT molecular complexity index is 575. The van der Waals surface area contributed by atoms with E-state index in [2.05, 4.69) is 31.9 Å². The zero-order valence-corrected chi connectivity index (χ0v) is 13.0. The first-order valence-corrected chi connectivity index (χ1v) is 7.19. The molecule has 18 heavy (non-hydrogen) atoms. The average Bonchev–Trinajstić information content (AvgIpc) is 2.33. The number of ether oxygens (including phenoxy) is 1. The molecule has 0 bridgehead atoms. The fourth-order valence-corrected chi connectivity index (χ4v) is 2.30. The van der Waals surface area contributed by atoms with E-state index in [1.807, 2.05) is 12.1 Å². The lowest BCUT2D eigenvalue weighted by atomic mass is 10.2. The Kier molecular flexibility index (Phi) is 4.65. The lowest BCUT2D eigenvalue weighted by Gasteiger charge is -2.11. The number of alkyl halides is 1. The number of benzene rings is 2. The van der Waals surface area contributed by atoms with E-state index < -0.39 is 5.82 Å². The summed E-state index contributed by atoms with van der Waals surface area (Å²) < 4.78 is 20.7. The highest BCUT2D eigenvalue weighted by Gasteiger charge is 2.09. The number of rotatable bonds is 3. The lowest BCUT2D eigenvalue weighted by Crippen LogP contribution is -1.92. The van der Waals surface area contributed by atoms with Crippen molar-refractivity contribution in [1.82, 2.24) is 0 Å². The van der Waals surface area contributed by atoms with Crippen molar-refractivity contribution in [3.63, 3.8) is 0 Å². The summed E-state index contributed by atoms with van der Waals surface area (Å²) in [4.78, 5) is 0. The maximum absolute atomic E-state index is 13.7. The van der Waals surface area contributed by atoms with Gasteiger partial charge < -0.3 is 4.74 Å². The van der Waals surface area contributed by atoms with Crippen LogP contribution in [0.1, 0.15) is 5.56 Å². The molecule has 0 aliphatic carbocycles. The predicted octanol–water partition coefficient (Wildman–Crippen LogP) is 5.88. The molecule has 2 aromatic rings. The Balaban J connectivity index is 2.36. The minimum Gasteiger partial charge on any atom is -0.454 e.